The first-order valence-electron chi connectivity index (χ1n) is 9.71. The number of carbonyl (C=O) groups excluding carboxylic acids is 5. The third kappa shape index (κ3) is 3.65. The minimum atomic E-state index is -0.864. The lowest BCUT2D eigenvalue weighted by Gasteiger charge is -2.19. The summed E-state index contributed by atoms with van der Waals surface area (Å²) in [7, 11) is 0. The van der Waals surface area contributed by atoms with Crippen molar-refractivity contribution in [1.29, 1.82) is 0 Å². The van der Waals surface area contributed by atoms with E-state index in [2.05, 4.69) is 10.9 Å². The molecule has 4 amide bonds. The zero-order valence-corrected chi connectivity index (χ0v) is 16.7. The van der Waals surface area contributed by atoms with E-state index in [4.69, 9.17) is 16.3 Å². The predicted molar refractivity (Wildman–Crippen MR) is 103 cm³/mol. The zero-order valence-electron chi connectivity index (χ0n) is 15.9. The Labute approximate surface area is 177 Å². The summed E-state index contributed by atoms with van der Waals surface area (Å²) in [6.07, 6.45) is 2.80. The number of benzene rings is 1. The van der Waals surface area contributed by atoms with Crippen molar-refractivity contribution in [2.24, 2.45) is 23.7 Å². The molecule has 10 heteroatoms. The molecule has 0 radical (unpaired) electrons. The number of nitrogens with one attached hydrogen (secondary N) is 2. The van der Waals surface area contributed by atoms with E-state index >= 15 is 0 Å². The summed E-state index contributed by atoms with van der Waals surface area (Å²) >= 11 is 5.90. The van der Waals surface area contributed by atoms with E-state index in [1.807, 2.05) is 0 Å². The van der Waals surface area contributed by atoms with Crippen LogP contribution in [-0.2, 0) is 23.9 Å². The van der Waals surface area contributed by atoms with Crippen LogP contribution in [0.1, 0.15) is 29.6 Å². The molecule has 1 heterocycles. The molecule has 158 valence electrons. The molecule has 0 aromatic heterocycles. The van der Waals surface area contributed by atoms with Crippen LogP contribution in [0.25, 0.3) is 0 Å². The van der Waals surface area contributed by atoms with Crippen LogP contribution in [0.4, 0.5) is 0 Å². The third-order valence-corrected chi connectivity index (χ3v) is 6.43. The highest BCUT2D eigenvalue weighted by molar-refractivity contribution is 6.33. The zero-order chi connectivity index (χ0) is 21.4. The van der Waals surface area contributed by atoms with Crippen molar-refractivity contribution in [2.45, 2.75) is 19.3 Å². The highest BCUT2D eigenvalue weighted by atomic mass is 35.5. The SMILES string of the molecule is O=C(COC(=O)CN1C(=O)[C@H]2[C@H]3CC[C@@H](C3)[C@@H]2C1=O)NNC(=O)c1ccccc1Cl. The van der Waals surface area contributed by atoms with Gasteiger partial charge in [0.2, 0.25) is 11.8 Å². The summed E-state index contributed by atoms with van der Waals surface area (Å²) in [5.41, 5.74) is 4.43. The van der Waals surface area contributed by atoms with E-state index in [0.717, 1.165) is 24.2 Å². The first-order chi connectivity index (χ1) is 14.4. The first kappa shape index (κ1) is 20.3. The molecular formula is C20H20ClN3O6. The maximum atomic E-state index is 12.6. The molecule has 4 rings (SSSR count). The van der Waals surface area contributed by atoms with Crippen LogP contribution in [-0.4, -0.2) is 47.6 Å². The van der Waals surface area contributed by atoms with Crippen molar-refractivity contribution < 1.29 is 28.7 Å². The van der Waals surface area contributed by atoms with Crippen molar-refractivity contribution in [3.8, 4) is 0 Å². The topological polar surface area (TPSA) is 122 Å². The fraction of sp³-hybridized carbons (Fsp3) is 0.450. The fourth-order valence-electron chi connectivity index (χ4n) is 4.82. The van der Waals surface area contributed by atoms with Crippen LogP contribution >= 0.6 is 11.6 Å². The largest absolute Gasteiger partial charge is 0.454 e. The Balaban J connectivity index is 1.23. The van der Waals surface area contributed by atoms with Crippen LogP contribution in [0.5, 0.6) is 0 Å². The van der Waals surface area contributed by atoms with Gasteiger partial charge in [-0.15, -0.1) is 0 Å². The Kier molecular flexibility index (Phi) is 5.46. The average molecular weight is 434 g/mol. The van der Waals surface area contributed by atoms with Gasteiger partial charge in [-0.2, -0.15) is 0 Å². The van der Waals surface area contributed by atoms with E-state index in [-0.39, 0.29) is 46.1 Å². The van der Waals surface area contributed by atoms with E-state index < -0.39 is 30.9 Å². The number of likely N-dealkylation sites (tertiary alicyclic amines) is 1. The maximum Gasteiger partial charge on any atom is 0.326 e. The number of hydrogen-bond acceptors (Lipinski definition) is 6. The molecule has 3 fully saturated rings. The van der Waals surface area contributed by atoms with E-state index in [1.165, 1.54) is 12.1 Å². The van der Waals surface area contributed by atoms with E-state index in [1.54, 1.807) is 12.1 Å². The van der Waals surface area contributed by atoms with Crippen molar-refractivity contribution in [3.63, 3.8) is 0 Å². The normalized spacial score (nSPS) is 26.5. The molecule has 1 saturated heterocycles. The highest BCUT2D eigenvalue weighted by Gasteiger charge is 2.61. The Morgan fingerprint density at radius 3 is 2.30 bits per heavy atom. The molecule has 0 unspecified atom stereocenters. The number of carbonyl (C=O) groups is 5. The molecule has 2 bridgehead atoms. The molecule has 3 aliphatic rings. The van der Waals surface area contributed by atoms with Crippen LogP contribution in [0, 0.1) is 23.7 Å². The Bertz CT molecular complexity index is 907. The predicted octanol–water partition coefficient (Wildman–Crippen LogP) is 0.675. The van der Waals surface area contributed by atoms with E-state index in [0.29, 0.717) is 0 Å². The number of imide groups is 1. The molecule has 1 aliphatic heterocycles. The van der Waals surface area contributed by atoms with Gasteiger partial charge in [0, 0.05) is 0 Å². The third-order valence-electron chi connectivity index (χ3n) is 6.10. The lowest BCUT2D eigenvalue weighted by molar-refractivity contribution is -0.155. The van der Waals surface area contributed by atoms with Gasteiger partial charge in [-0.25, -0.2) is 0 Å². The minimum absolute atomic E-state index is 0.169. The molecular weight excluding hydrogens is 414 g/mol. The number of hydrogen-bond donors (Lipinski definition) is 2. The number of halogens is 1. The van der Waals surface area contributed by atoms with Gasteiger partial charge in [0.25, 0.3) is 11.8 Å². The Morgan fingerprint density at radius 1 is 1.03 bits per heavy atom. The number of ether oxygens (including phenoxy) is 1. The second-order valence-electron chi connectivity index (χ2n) is 7.79. The van der Waals surface area contributed by atoms with Crippen LogP contribution in [0.15, 0.2) is 24.3 Å². The standard InChI is InChI=1S/C20H20ClN3O6/c21-13-4-2-1-3-12(13)18(27)23-22-14(25)9-30-15(26)8-24-19(28)16-10-5-6-11(7-10)17(16)20(24)29/h1-4,10-11,16-17H,5-9H2,(H,22,25)(H,23,27)/t10-,11-,16-,17-/m0/s1. The van der Waals surface area contributed by atoms with Gasteiger partial charge in [0.15, 0.2) is 6.61 Å². The summed E-state index contributed by atoms with van der Waals surface area (Å²) in [6, 6.07) is 6.28. The molecule has 4 atom stereocenters. The molecule has 1 aromatic carbocycles. The molecule has 2 saturated carbocycles. The summed E-state index contributed by atoms with van der Waals surface area (Å²) in [6.45, 7) is -1.18. The summed E-state index contributed by atoms with van der Waals surface area (Å²) in [5, 5.41) is 0.217. The summed E-state index contributed by atoms with van der Waals surface area (Å²) in [5.74, 6) is -3.07. The van der Waals surface area contributed by atoms with Crippen molar-refractivity contribution in [2.75, 3.05) is 13.2 Å². The van der Waals surface area contributed by atoms with Gasteiger partial charge in [-0.05, 0) is 43.2 Å². The number of hydrazine groups is 1. The minimum Gasteiger partial charge on any atom is -0.454 e. The molecule has 2 aliphatic carbocycles. The number of esters is 1. The Hall–Kier alpha value is -2.94. The monoisotopic (exact) mass is 433 g/mol. The Morgan fingerprint density at radius 2 is 1.67 bits per heavy atom. The smallest absolute Gasteiger partial charge is 0.326 e. The number of amides is 4. The summed E-state index contributed by atoms with van der Waals surface area (Å²) < 4.78 is 4.84. The number of fused-ring (bicyclic) bond motifs is 5. The van der Waals surface area contributed by atoms with Gasteiger partial charge >= 0.3 is 5.97 Å². The van der Waals surface area contributed by atoms with Gasteiger partial charge < -0.3 is 4.74 Å². The molecule has 0 spiro atoms. The van der Waals surface area contributed by atoms with Crippen LogP contribution in [0.2, 0.25) is 5.02 Å². The van der Waals surface area contributed by atoms with Gasteiger partial charge in [0.05, 0.1) is 22.4 Å². The molecule has 2 N–H and O–H groups in total. The quantitative estimate of drug-likeness (QED) is 0.400. The highest BCUT2D eigenvalue weighted by Crippen LogP contribution is 2.56. The molecule has 1 aromatic rings. The first-order valence-corrected chi connectivity index (χ1v) is 10.1. The van der Waals surface area contributed by atoms with Gasteiger partial charge in [-0.3, -0.25) is 39.7 Å². The van der Waals surface area contributed by atoms with Crippen LogP contribution < -0.4 is 10.9 Å². The lowest BCUT2D eigenvalue weighted by Crippen LogP contribution is -2.44. The maximum absolute atomic E-state index is 12.6. The molecule has 9 nitrogen and oxygen atoms in total. The average Bonchev–Trinajstić information content (AvgIpc) is 3.41. The second-order valence-corrected chi connectivity index (χ2v) is 8.20. The summed E-state index contributed by atoms with van der Waals surface area (Å²) in [4.78, 5) is 61.9. The number of nitrogens with zero attached hydrogens (tertiary/aromatic N) is 1. The second kappa shape index (κ2) is 8.06. The van der Waals surface area contributed by atoms with Gasteiger partial charge in [0.1, 0.15) is 6.54 Å². The fourth-order valence-corrected chi connectivity index (χ4v) is 5.04. The van der Waals surface area contributed by atoms with Crippen molar-refractivity contribution >= 4 is 41.2 Å². The van der Waals surface area contributed by atoms with Gasteiger partial charge in [-0.1, -0.05) is 23.7 Å². The molecule has 30 heavy (non-hydrogen) atoms. The van der Waals surface area contributed by atoms with Crippen molar-refractivity contribution in [1.82, 2.24) is 15.8 Å². The number of rotatable bonds is 5. The lowest BCUT2D eigenvalue weighted by atomic mass is 9.81. The van der Waals surface area contributed by atoms with E-state index in [9.17, 15) is 24.0 Å². The van der Waals surface area contributed by atoms with Crippen molar-refractivity contribution in [3.05, 3.63) is 34.9 Å². The van der Waals surface area contributed by atoms with Crippen LogP contribution in [0.3, 0.4) is 0 Å².